The summed E-state index contributed by atoms with van der Waals surface area (Å²) in [5, 5.41) is 0. The molecule has 0 N–H and O–H groups in total. The third-order valence-corrected chi connectivity index (χ3v) is 2.79. The lowest BCUT2D eigenvalue weighted by Gasteiger charge is -2.17. The van der Waals surface area contributed by atoms with Gasteiger partial charge in [0.05, 0.1) is 0 Å². The van der Waals surface area contributed by atoms with E-state index >= 15 is 0 Å². The zero-order chi connectivity index (χ0) is 14.7. The Bertz CT molecular complexity index is 330. The number of unbranched alkanes of at least 4 members (excludes halogenated alkanes) is 2. The second-order valence-electron chi connectivity index (χ2n) is 4.41. The number of ether oxygens (including phenoxy) is 1. The van der Waals surface area contributed by atoms with Crippen molar-refractivity contribution in [2.45, 2.75) is 40.0 Å². The van der Waals surface area contributed by atoms with Crippen LogP contribution in [0, 0.1) is 0 Å². The lowest BCUT2D eigenvalue weighted by atomic mass is 10.2. The van der Waals surface area contributed by atoms with E-state index in [1.165, 1.54) is 13.0 Å². The Morgan fingerprint density at radius 2 is 1.84 bits per heavy atom. The minimum absolute atomic E-state index is 0.223. The highest BCUT2D eigenvalue weighted by molar-refractivity contribution is 5.98. The maximum absolute atomic E-state index is 11.2. The van der Waals surface area contributed by atoms with E-state index in [1.54, 1.807) is 6.08 Å². The van der Waals surface area contributed by atoms with Gasteiger partial charge in [-0.1, -0.05) is 26.5 Å². The van der Waals surface area contributed by atoms with E-state index in [0.29, 0.717) is 0 Å². The van der Waals surface area contributed by atoms with Crippen molar-refractivity contribution in [1.29, 1.82) is 0 Å². The lowest BCUT2D eigenvalue weighted by molar-refractivity contribution is -0.153. The number of hydrogen-bond donors (Lipinski definition) is 0. The molecule has 0 atom stereocenters. The van der Waals surface area contributed by atoms with Crippen molar-refractivity contribution in [3.05, 3.63) is 24.3 Å². The minimum Gasteiger partial charge on any atom is -0.386 e. The van der Waals surface area contributed by atoms with Crippen molar-refractivity contribution in [3.63, 3.8) is 0 Å². The van der Waals surface area contributed by atoms with Crippen LogP contribution in [0.2, 0.25) is 0 Å². The molecule has 0 amide bonds. The fourth-order valence-electron chi connectivity index (χ4n) is 1.53. The van der Waals surface area contributed by atoms with Crippen LogP contribution in [-0.4, -0.2) is 36.5 Å². The Labute approximate surface area is 116 Å². The fraction of sp³-hybridized carbons (Fsp3) is 0.600. The molecular formula is C15H25NO3. The molecule has 4 nitrogen and oxygen atoms in total. The molecule has 0 spiro atoms. The van der Waals surface area contributed by atoms with Crippen LogP contribution in [0.3, 0.4) is 0 Å². The predicted octanol–water partition coefficient (Wildman–Crippen LogP) is 2.70. The topological polar surface area (TPSA) is 46.6 Å². The van der Waals surface area contributed by atoms with Crippen LogP contribution in [0.25, 0.3) is 0 Å². The molecule has 19 heavy (non-hydrogen) atoms. The second-order valence-corrected chi connectivity index (χ2v) is 4.41. The number of carbonyl (C=O) groups is 2. The predicted molar refractivity (Wildman–Crippen MR) is 76.7 cm³/mol. The van der Waals surface area contributed by atoms with Gasteiger partial charge in [-0.2, -0.15) is 0 Å². The molecule has 0 radical (unpaired) electrons. The van der Waals surface area contributed by atoms with Crippen molar-refractivity contribution in [2.24, 2.45) is 0 Å². The molecule has 0 aliphatic heterocycles. The molecule has 4 heteroatoms. The normalized spacial score (nSPS) is 10.9. The van der Waals surface area contributed by atoms with Gasteiger partial charge in [-0.15, -0.1) is 0 Å². The summed E-state index contributed by atoms with van der Waals surface area (Å²) in [4.78, 5) is 24.6. The molecule has 0 aromatic carbocycles. The molecule has 0 fully saturated rings. The highest BCUT2D eigenvalue weighted by Gasteiger charge is 2.07. The molecular weight excluding hydrogens is 242 g/mol. The quantitative estimate of drug-likeness (QED) is 0.279. The van der Waals surface area contributed by atoms with Crippen molar-refractivity contribution in [2.75, 3.05) is 19.6 Å². The molecule has 0 bridgehead atoms. The standard InChI is InChI=1S/C15H25NO3/c1-5-16(6-2)12-10-8-7-9-11-14(17)19-15(18)13(3)4/h9,11H,3,5-8,10,12H2,1-2,4H3. The van der Waals surface area contributed by atoms with Crippen molar-refractivity contribution in [3.8, 4) is 0 Å². The Balaban J connectivity index is 3.71. The Hall–Kier alpha value is -1.42. The van der Waals surface area contributed by atoms with Gasteiger partial charge in [-0.25, -0.2) is 9.59 Å². The lowest BCUT2D eigenvalue weighted by Crippen LogP contribution is -2.23. The van der Waals surface area contributed by atoms with Gasteiger partial charge in [0.25, 0.3) is 0 Å². The molecule has 0 aliphatic carbocycles. The smallest absolute Gasteiger partial charge is 0.340 e. The average Bonchev–Trinajstić information content (AvgIpc) is 2.37. The van der Waals surface area contributed by atoms with Gasteiger partial charge in [-0.3, -0.25) is 0 Å². The monoisotopic (exact) mass is 267 g/mol. The molecule has 0 aromatic heterocycles. The summed E-state index contributed by atoms with van der Waals surface area (Å²) in [5.74, 6) is -1.30. The Morgan fingerprint density at radius 3 is 2.37 bits per heavy atom. The van der Waals surface area contributed by atoms with Crippen LogP contribution >= 0.6 is 0 Å². The maximum Gasteiger partial charge on any atom is 0.340 e. The SMILES string of the molecule is C=C(C)C(=O)OC(=O)C=CCCCCN(CC)CC. The molecule has 0 saturated heterocycles. The fourth-order valence-corrected chi connectivity index (χ4v) is 1.53. The summed E-state index contributed by atoms with van der Waals surface area (Å²) < 4.78 is 4.52. The first-order chi connectivity index (χ1) is 9.01. The Morgan fingerprint density at radius 1 is 1.21 bits per heavy atom. The first-order valence-electron chi connectivity index (χ1n) is 6.81. The summed E-state index contributed by atoms with van der Waals surface area (Å²) in [6.45, 7) is 12.4. The molecule has 0 unspecified atom stereocenters. The zero-order valence-electron chi connectivity index (χ0n) is 12.3. The summed E-state index contributed by atoms with van der Waals surface area (Å²) in [5.41, 5.74) is 0.223. The van der Waals surface area contributed by atoms with Gasteiger partial charge in [0, 0.05) is 11.6 Å². The zero-order valence-corrected chi connectivity index (χ0v) is 12.3. The molecule has 0 aromatic rings. The van der Waals surface area contributed by atoms with Crippen LogP contribution in [0.4, 0.5) is 0 Å². The van der Waals surface area contributed by atoms with Crippen LogP contribution < -0.4 is 0 Å². The molecule has 0 saturated carbocycles. The van der Waals surface area contributed by atoms with E-state index in [2.05, 4.69) is 30.1 Å². The Kier molecular flexibility index (Phi) is 9.71. The molecule has 0 rings (SSSR count). The van der Waals surface area contributed by atoms with E-state index in [1.807, 2.05) is 0 Å². The average molecular weight is 267 g/mol. The number of esters is 2. The summed E-state index contributed by atoms with van der Waals surface area (Å²) in [6.07, 6.45) is 5.99. The first kappa shape index (κ1) is 17.6. The number of rotatable bonds is 9. The number of allylic oxidation sites excluding steroid dienone is 1. The number of nitrogens with zero attached hydrogens (tertiary/aromatic N) is 1. The summed E-state index contributed by atoms with van der Waals surface area (Å²) in [6, 6.07) is 0. The van der Waals surface area contributed by atoms with Crippen LogP contribution in [0.15, 0.2) is 24.3 Å². The van der Waals surface area contributed by atoms with E-state index < -0.39 is 11.9 Å². The van der Waals surface area contributed by atoms with Gasteiger partial charge < -0.3 is 9.64 Å². The molecule has 108 valence electrons. The highest BCUT2D eigenvalue weighted by Crippen LogP contribution is 2.00. The van der Waals surface area contributed by atoms with Gasteiger partial charge in [0.15, 0.2) is 0 Å². The third-order valence-electron chi connectivity index (χ3n) is 2.79. The van der Waals surface area contributed by atoms with Gasteiger partial charge in [-0.05, 0) is 45.8 Å². The van der Waals surface area contributed by atoms with Gasteiger partial charge >= 0.3 is 11.9 Å². The van der Waals surface area contributed by atoms with Crippen LogP contribution in [-0.2, 0) is 14.3 Å². The van der Waals surface area contributed by atoms with E-state index in [9.17, 15) is 9.59 Å². The maximum atomic E-state index is 11.2. The van der Waals surface area contributed by atoms with Crippen molar-refractivity contribution in [1.82, 2.24) is 4.90 Å². The third kappa shape index (κ3) is 9.19. The largest absolute Gasteiger partial charge is 0.386 e. The summed E-state index contributed by atoms with van der Waals surface area (Å²) >= 11 is 0. The first-order valence-corrected chi connectivity index (χ1v) is 6.81. The number of carbonyl (C=O) groups excluding carboxylic acids is 2. The highest BCUT2D eigenvalue weighted by atomic mass is 16.6. The van der Waals surface area contributed by atoms with E-state index in [0.717, 1.165) is 38.9 Å². The van der Waals surface area contributed by atoms with E-state index in [-0.39, 0.29) is 5.57 Å². The molecule has 0 aliphatic rings. The van der Waals surface area contributed by atoms with Crippen molar-refractivity contribution < 1.29 is 14.3 Å². The number of hydrogen-bond acceptors (Lipinski definition) is 4. The molecule has 0 heterocycles. The van der Waals surface area contributed by atoms with Crippen LogP contribution in [0.5, 0.6) is 0 Å². The summed E-state index contributed by atoms with van der Waals surface area (Å²) in [7, 11) is 0. The second kappa shape index (κ2) is 10.5. The minimum atomic E-state index is -0.670. The van der Waals surface area contributed by atoms with Crippen molar-refractivity contribution >= 4 is 11.9 Å². The van der Waals surface area contributed by atoms with E-state index in [4.69, 9.17) is 0 Å². The van der Waals surface area contributed by atoms with Gasteiger partial charge in [0.2, 0.25) is 0 Å². The van der Waals surface area contributed by atoms with Gasteiger partial charge in [0.1, 0.15) is 0 Å². The van der Waals surface area contributed by atoms with Crippen LogP contribution in [0.1, 0.15) is 40.0 Å².